The summed E-state index contributed by atoms with van der Waals surface area (Å²) in [6, 6.07) is 15.7. The Bertz CT molecular complexity index is 662. The number of anilines is 1. The minimum Gasteiger partial charge on any atom is -0.368 e. The molecule has 0 aromatic heterocycles. The van der Waals surface area contributed by atoms with E-state index < -0.39 is 13.4 Å². The highest BCUT2D eigenvalue weighted by Gasteiger charge is 2.36. The summed E-state index contributed by atoms with van der Waals surface area (Å²) in [5.74, 6) is -0.564. The van der Waals surface area contributed by atoms with Crippen LogP contribution in [0, 0.1) is 13.8 Å². The molecule has 0 heterocycles. The molecule has 4 nitrogen and oxygen atoms in total. The smallest absolute Gasteiger partial charge is 0.356 e. The number of hydrogen-bond acceptors (Lipinski definition) is 4. The molecule has 1 atom stereocenters. The lowest BCUT2D eigenvalue weighted by Crippen LogP contribution is -2.14. The van der Waals surface area contributed by atoms with Gasteiger partial charge in [0.05, 0.1) is 0 Å². The van der Waals surface area contributed by atoms with Gasteiger partial charge in [-0.25, -0.2) is 0 Å². The first-order chi connectivity index (χ1) is 10.5. The van der Waals surface area contributed by atoms with E-state index in [-0.39, 0.29) is 0 Å². The Morgan fingerprint density at radius 2 is 1.55 bits per heavy atom. The second kappa shape index (κ2) is 7.10. The van der Waals surface area contributed by atoms with Gasteiger partial charge in [-0.2, -0.15) is 0 Å². The molecule has 0 amide bonds. The van der Waals surface area contributed by atoms with E-state index >= 15 is 0 Å². The zero-order chi connectivity index (χ0) is 16.2. The predicted octanol–water partition coefficient (Wildman–Crippen LogP) is 4.90. The van der Waals surface area contributed by atoms with Gasteiger partial charge in [0, 0.05) is 19.9 Å². The van der Waals surface area contributed by atoms with Crippen molar-refractivity contribution in [2.45, 2.75) is 19.6 Å². The van der Waals surface area contributed by atoms with Crippen LogP contribution in [0.2, 0.25) is 0 Å². The molecule has 0 fully saturated rings. The summed E-state index contributed by atoms with van der Waals surface area (Å²) >= 11 is 0. The van der Waals surface area contributed by atoms with Crippen LogP contribution in [0.1, 0.15) is 22.5 Å². The Morgan fingerprint density at radius 1 is 0.955 bits per heavy atom. The minimum absolute atomic E-state index is 0.564. The fourth-order valence-electron chi connectivity index (χ4n) is 2.31. The standard InChI is InChI=1S/C17H22NO3P/c1-13-9-11-15(12-10-13)18-17(22(19,20-3)21-4)16-8-6-5-7-14(16)2/h5-12,17-18H,1-4H3. The summed E-state index contributed by atoms with van der Waals surface area (Å²) in [5.41, 5.74) is 3.96. The third-order valence-electron chi connectivity index (χ3n) is 3.66. The van der Waals surface area contributed by atoms with E-state index in [4.69, 9.17) is 9.05 Å². The Hall–Kier alpha value is -1.61. The Labute approximate surface area is 132 Å². The van der Waals surface area contributed by atoms with Crippen molar-refractivity contribution in [2.75, 3.05) is 19.5 Å². The maximum Gasteiger partial charge on any atom is 0.356 e. The molecule has 118 valence electrons. The molecule has 0 aliphatic rings. The van der Waals surface area contributed by atoms with Crippen molar-refractivity contribution in [3.8, 4) is 0 Å². The summed E-state index contributed by atoms with van der Waals surface area (Å²) in [5, 5.41) is 3.29. The SMILES string of the molecule is COP(=O)(OC)C(Nc1ccc(C)cc1)c1ccccc1C. The zero-order valence-corrected chi connectivity index (χ0v) is 14.3. The summed E-state index contributed by atoms with van der Waals surface area (Å²) in [6.45, 7) is 4.01. The van der Waals surface area contributed by atoms with Gasteiger partial charge in [-0.05, 0) is 37.1 Å². The number of nitrogens with one attached hydrogen (secondary N) is 1. The molecule has 2 aromatic rings. The van der Waals surface area contributed by atoms with E-state index in [1.807, 2.05) is 62.4 Å². The second-order valence-corrected chi connectivity index (χ2v) is 7.50. The monoisotopic (exact) mass is 319 g/mol. The lowest BCUT2D eigenvalue weighted by atomic mass is 10.1. The van der Waals surface area contributed by atoms with Gasteiger partial charge in [0.15, 0.2) is 5.78 Å². The number of rotatable bonds is 6. The summed E-state index contributed by atoms with van der Waals surface area (Å²) in [6.07, 6.45) is 0. The molecule has 5 heteroatoms. The Kier molecular flexibility index (Phi) is 5.41. The first kappa shape index (κ1) is 16.8. The predicted molar refractivity (Wildman–Crippen MR) is 90.3 cm³/mol. The summed E-state index contributed by atoms with van der Waals surface area (Å²) in [7, 11) is -0.510. The molecule has 0 spiro atoms. The fourth-order valence-corrected chi connectivity index (χ4v) is 3.82. The maximum atomic E-state index is 13.0. The van der Waals surface area contributed by atoms with E-state index in [2.05, 4.69) is 5.32 Å². The largest absolute Gasteiger partial charge is 0.368 e. The van der Waals surface area contributed by atoms with Gasteiger partial charge in [0.25, 0.3) is 0 Å². The van der Waals surface area contributed by atoms with E-state index in [9.17, 15) is 4.57 Å². The quantitative estimate of drug-likeness (QED) is 0.769. The van der Waals surface area contributed by atoms with Gasteiger partial charge in [-0.15, -0.1) is 0 Å². The first-order valence-corrected chi connectivity index (χ1v) is 8.71. The van der Waals surface area contributed by atoms with Gasteiger partial charge >= 0.3 is 7.60 Å². The second-order valence-electron chi connectivity index (χ2n) is 5.17. The molecule has 0 aliphatic carbocycles. The van der Waals surface area contributed by atoms with Gasteiger partial charge in [0.2, 0.25) is 0 Å². The molecular weight excluding hydrogens is 297 g/mol. The number of aryl methyl sites for hydroxylation is 2. The molecule has 0 saturated heterocycles. The molecule has 0 bridgehead atoms. The number of benzene rings is 2. The van der Waals surface area contributed by atoms with Gasteiger partial charge in [0.1, 0.15) is 0 Å². The van der Waals surface area contributed by atoms with Crippen molar-refractivity contribution >= 4 is 13.3 Å². The lowest BCUT2D eigenvalue weighted by Gasteiger charge is -2.27. The maximum absolute atomic E-state index is 13.0. The molecule has 0 saturated carbocycles. The topological polar surface area (TPSA) is 47.6 Å². The van der Waals surface area contributed by atoms with E-state index in [0.29, 0.717) is 0 Å². The Morgan fingerprint density at radius 3 is 2.09 bits per heavy atom. The van der Waals surface area contributed by atoms with Crippen molar-refractivity contribution < 1.29 is 13.6 Å². The van der Waals surface area contributed by atoms with E-state index in [0.717, 1.165) is 16.8 Å². The zero-order valence-electron chi connectivity index (χ0n) is 13.4. The molecule has 0 aliphatic heterocycles. The highest BCUT2D eigenvalue weighted by Crippen LogP contribution is 2.60. The lowest BCUT2D eigenvalue weighted by molar-refractivity contribution is 0.268. The van der Waals surface area contributed by atoms with Crippen LogP contribution in [0.4, 0.5) is 5.69 Å². The third-order valence-corrected chi connectivity index (χ3v) is 5.72. The van der Waals surface area contributed by atoms with Crippen molar-refractivity contribution in [3.05, 3.63) is 65.2 Å². The van der Waals surface area contributed by atoms with Crippen LogP contribution in [0.5, 0.6) is 0 Å². The molecule has 1 unspecified atom stereocenters. The van der Waals surface area contributed by atoms with Gasteiger partial charge in [-0.1, -0.05) is 42.0 Å². The average molecular weight is 319 g/mol. The highest BCUT2D eigenvalue weighted by molar-refractivity contribution is 7.54. The fraction of sp³-hybridized carbons (Fsp3) is 0.294. The highest BCUT2D eigenvalue weighted by atomic mass is 31.2. The van der Waals surface area contributed by atoms with Gasteiger partial charge in [-0.3, -0.25) is 4.57 Å². The van der Waals surface area contributed by atoms with Crippen molar-refractivity contribution in [3.63, 3.8) is 0 Å². The van der Waals surface area contributed by atoms with Crippen molar-refractivity contribution in [1.29, 1.82) is 0 Å². The summed E-state index contributed by atoms with van der Waals surface area (Å²) in [4.78, 5) is 0. The molecule has 2 aromatic carbocycles. The van der Waals surface area contributed by atoms with Crippen LogP contribution in [0.25, 0.3) is 0 Å². The number of hydrogen-bond donors (Lipinski definition) is 1. The van der Waals surface area contributed by atoms with Crippen LogP contribution in [-0.4, -0.2) is 14.2 Å². The average Bonchev–Trinajstić information content (AvgIpc) is 2.54. The molecule has 22 heavy (non-hydrogen) atoms. The normalized spacial score (nSPS) is 12.9. The first-order valence-electron chi connectivity index (χ1n) is 7.10. The third kappa shape index (κ3) is 3.58. The van der Waals surface area contributed by atoms with Crippen LogP contribution in [0.15, 0.2) is 48.5 Å². The van der Waals surface area contributed by atoms with E-state index in [1.165, 1.54) is 19.8 Å². The van der Waals surface area contributed by atoms with Crippen LogP contribution in [-0.2, 0) is 13.6 Å². The van der Waals surface area contributed by atoms with Crippen LogP contribution >= 0.6 is 7.60 Å². The molecular formula is C17H22NO3P. The molecule has 1 N–H and O–H groups in total. The molecule has 0 radical (unpaired) electrons. The van der Waals surface area contributed by atoms with Crippen molar-refractivity contribution in [1.82, 2.24) is 0 Å². The Balaban J connectivity index is 2.44. The van der Waals surface area contributed by atoms with Crippen molar-refractivity contribution in [2.24, 2.45) is 0 Å². The minimum atomic E-state index is -3.33. The molecule has 2 rings (SSSR count). The van der Waals surface area contributed by atoms with Crippen LogP contribution < -0.4 is 5.32 Å². The van der Waals surface area contributed by atoms with E-state index in [1.54, 1.807) is 0 Å². The van der Waals surface area contributed by atoms with Gasteiger partial charge < -0.3 is 14.4 Å². The summed E-state index contributed by atoms with van der Waals surface area (Å²) < 4.78 is 23.4. The van der Waals surface area contributed by atoms with Crippen LogP contribution in [0.3, 0.4) is 0 Å².